The second kappa shape index (κ2) is 6.70. The Morgan fingerprint density at radius 2 is 1.88 bits per heavy atom. The van der Waals surface area contributed by atoms with Gasteiger partial charge in [0.05, 0.1) is 0 Å². The van der Waals surface area contributed by atoms with E-state index >= 15 is 0 Å². The average Bonchev–Trinajstić information content (AvgIpc) is 2.86. The van der Waals surface area contributed by atoms with Crippen LogP contribution in [0.2, 0.25) is 0 Å². The third kappa shape index (κ3) is 3.47. The molecule has 1 aliphatic heterocycles. The maximum atomic E-state index is 13.9. The standard InChI is InChI=1S/C17H16F3NO3/c18-13-6-2-1-5-12(13)14(8-9-22)21-10-11-4-3-7-15-16(11)24-17(19,20)23-15/h1-7,14,21-22H,8-10H2. The van der Waals surface area contributed by atoms with Gasteiger partial charge in [-0.15, -0.1) is 8.78 Å². The number of nitrogens with one attached hydrogen (secondary N) is 1. The summed E-state index contributed by atoms with van der Waals surface area (Å²) in [5.74, 6) is -0.469. The van der Waals surface area contributed by atoms with E-state index in [4.69, 9.17) is 0 Å². The lowest BCUT2D eigenvalue weighted by Crippen LogP contribution is -2.26. The van der Waals surface area contributed by atoms with E-state index in [9.17, 15) is 18.3 Å². The van der Waals surface area contributed by atoms with Gasteiger partial charge in [0.15, 0.2) is 11.5 Å². The van der Waals surface area contributed by atoms with Crippen LogP contribution in [0.4, 0.5) is 13.2 Å². The molecule has 3 rings (SSSR count). The summed E-state index contributed by atoms with van der Waals surface area (Å²) in [6.07, 6.45) is -3.40. The molecule has 2 N–H and O–H groups in total. The summed E-state index contributed by atoms with van der Waals surface area (Å²) in [7, 11) is 0. The van der Waals surface area contributed by atoms with E-state index < -0.39 is 18.2 Å². The van der Waals surface area contributed by atoms with Gasteiger partial charge in [0.2, 0.25) is 0 Å². The predicted molar refractivity (Wildman–Crippen MR) is 80.3 cm³/mol. The number of fused-ring (bicyclic) bond motifs is 1. The summed E-state index contributed by atoms with van der Waals surface area (Å²) in [5.41, 5.74) is 0.866. The summed E-state index contributed by atoms with van der Waals surface area (Å²) in [6, 6.07) is 10.3. The molecular formula is C17H16F3NO3. The summed E-state index contributed by atoms with van der Waals surface area (Å²) in [4.78, 5) is 0. The molecule has 0 radical (unpaired) electrons. The highest BCUT2D eigenvalue weighted by molar-refractivity contribution is 5.48. The van der Waals surface area contributed by atoms with Gasteiger partial charge in [-0.2, -0.15) is 0 Å². The summed E-state index contributed by atoms with van der Waals surface area (Å²) in [6.45, 7) is 0.0121. The molecule has 1 aliphatic rings. The zero-order chi connectivity index (χ0) is 17.2. The maximum Gasteiger partial charge on any atom is 0.586 e. The van der Waals surface area contributed by atoms with E-state index in [1.54, 1.807) is 30.3 Å². The number of hydrogen-bond donors (Lipinski definition) is 2. The van der Waals surface area contributed by atoms with E-state index in [0.717, 1.165) is 0 Å². The lowest BCUT2D eigenvalue weighted by atomic mass is 10.0. The molecule has 0 bridgehead atoms. The van der Waals surface area contributed by atoms with Gasteiger partial charge in [0.1, 0.15) is 5.82 Å². The Kier molecular flexibility index (Phi) is 4.64. The van der Waals surface area contributed by atoms with Gasteiger partial charge >= 0.3 is 6.29 Å². The van der Waals surface area contributed by atoms with Crippen molar-refractivity contribution in [1.82, 2.24) is 5.32 Å². The first-order valence-electron chi connectivity index (χ1n) is 7.46. The number of aliphatic hydroxyl groups excluding tert-OH is 1. The Balaban J connectivity index is 1.77. The highest BCUT2D eigenvalue weighted by atomic mass is 19.3. The highest BCUT2D eigenvalue weighted by Gasteiger charge is 2.44. The first kappa shape index (κ1) is 16.6. The van der Waals surface area contributed by atoms with Crippen molar-refractivity contribution >= 4 is 0 Å². The van der Waals surface area contributed by atoms with Gasteiger partial charge < -0.3 is 19.9 Å². The lowest BCUT2D eigenvalue weighted by Gasteiger charge is -2.19. The average molecular weight is 339 g/mol. The van der Waals surface area contributed by atoms with Crippen LogP contribution in [0.15, 0.2) is 42.5 Å². The van der Waals surface area contributed by atoms with Crippen molar-refractivity contribution in [2.24, 2.45) is 0 Å². The molecular weight excluding hydrogens is 323 g/mol. The van der Waals surface area contributed by atoms with Crippen LogP contribution in [-0.2, 0) is 6.54 Å². The van der Waals surface area contributed by atoms with Gasteiger partial charge in [0, 0.05) is 30.3 Å². The smallest absolute Gasteiger partial charge is 0.396 e. The number of para-hydroxylation sites is 1. The van der Waals surface area contributed by atoms with Crippen LogP contribution < -0.4 is 14.8 Å². The minimum absolute atomic E-state index is 0.0358. The van der Waals surface area contributed by atoms with E-state index in [0.29, 0.717) is 11.1 Å². The number of ether oxygens (including phenoxy) is 2. The Morgan fingerprint density at radius 1 is 1.08 bits per heavy atom. The minimum Gasteiger partial charge on any atom is -0.396 e. The fourth-order valence-electron chi connectivity index (χ4n) is 2.65. The molecule has 0 saturated carbocycles. The SMILES string of the molecule is OCCC(NCc1cccc2c1OC(F)(F)O2)c1ccccc1F. The summed E-state index contributed by atoms with van der Waals surface area (Å²) >= 11 is 0. The van der Waals surface area contributed by atoms with Crippen LogP contribution in [0.5, 0.6) is 11.5 Å². The molecule has 128 valence electrons. The Bertz CT molecular complexity index is 724. The van der Waals surface area contributed by atoms with E-state index in [-0.39, 0.29) is 31.1 Å². The van der Waals surface area contributed by atoms with Crippen LogP contribution in [-0.4, -0.2) is 18.0 Å². The first-order chi connectivity index (χ1) is 11.5. The molecule has 0 saturated heterocycles. The van der Waals surface area contributed by atoms with Gasteiger partial charge in [-0.05, 0) is 18.6 Å². The van der Waals surface area contributed by atoms with Crippen LogP contribution in [0, 0.1) is 5.82 Å². The summed E-state index contributed by atoms with van der Waals surface area (Å²) in [5, 5.41) is 12.3. The van der Waals surface area contributed by atoms with Crippen LogP contribution in [0.3, 0.4) is 0 Å². The fourth-order valence-corrected chi connectivity index (χ4v) is 2.65. The molecule has 4 nitrogen and oxygen atoms in total. The van der Waals surface area contributed by atoms with Gasteiger partial charge in [-0.3, -0.25) is 0 Å². The fraction of sp³-hybridized carbons (Fsp3) is 0.294. The Morgan fingerprint density at radius 3 is 2.62 bits per heavy atom. The molecule has 0 amide bonds. The first-order valence-corrected chi connectivity index (χ1v) is 7.46. The monoisotopic (exact) mass is 339 g/mol. The van der Waals surface area contributed by atoms with Crippen molar-refractivity contribution in [1.29, 1.82) is 0 Å². The molecule has 2 aromatic rings. The van der Waals surface area contributed by atoms with Gasteiger partial charge in [-0.1, -0.05) is 30.3 Å². The van der Waals surface area contributed by atoms with Crippen LogP contribution in [0.1, 0.15) is 23.6 Å². The normalized spacial score (nSPS) is 16.2. The van der Waals surface area contributed by atoms with Crippen molar-refractivity contribution in [2.75, 3.05) is 6.61 Å². The molecule has 0 fully saturated rings. The molecule has 7 heteroatoms. The van der Waals surface area contributed by atoms with Crippen molar-refractivity contribution in [3.05, 3.63) is 59.4 Å². The second-order valence-electron chi connectivity index (χ2n) is 5.38. The molecule has 1 heterocycles. The second-order valence-corrected chi connectivity index (χ2v) is 5.38. The van der Waals surface area contributed by atoms with Crippen molar-refractivity contribution in [3.8, 4) is 11.5 Å². The third-order valence-corrected chi connectivity index (χ3v) is 3.75. The summed E-state index contributed by atoms with van der Waals surface area (Å²) < 4.78 is 49.3. The Hall–Kier alpha value is -2.25. The van der Waals surface area contributed by atoms with Crippen LogP contribution in [0.25, 0.3) is 0 Å². The topological polar surface area (TPSA) is 50.7 Å². The number of hydrogen-bond acceptors (Lipinski definition) is 4. The minimum atomic E-state index is -3.69. The van der Waals surface area contributed by atoms with Crippen molar-refractivity contribution in [3.63, 3.8) is 0 Å². The van der Waals surface area contributed by atoms with Crippen molar-refractivity contribution in [2.45, 2.75) is 25.3 Å². The number of alkyl halides is 2. The van der Waals surface area contributed by atoms with E-state index in [1.807, 2.05) is 0 Å². The molecule has 24 heavy (non-hydrogen) atoms. The quantitative estimate of drug-likeness (QED) is 0.847. The molecule has 0 aliphatic carbocycles. The predicted octanol–water partition coefficient (Wildman–Crippen LogP) is 3.36. The number of aliphatic hydroxyl groups is 1. The maximum absolute atomic E-state index is 13.9. The third-order valence-electron chi connectivity index (χ3n) is 3.75. The van der Waals surface area contributed by atoms with E-state index in [1.165, 1.54) is 12.1 Å². The molecule has 1 unspecified atom stereocenters. The largest absolute Gasteiger partial charge is 0.586 e. The van der Waals surface area contributed by atoms with Crippen LogP contribution >= 0.6 is 0 Å². The number of rotatable bonds is 6. The molecule has 0 spiro atoms. The molecule has 1 atom stereocenters. The van der Waals surface area contributed by atoms with E-state index in [2.05, 4.69) is 14.8 Å². The molecule has 2 aromatic carbocycles. The zero-order valence-electron chi connectivity index (χ0n) is 12.6. The zero-order valence-corrected chi connectivity index (χ0v) is 12.6. The van der Waals surface area contributed by atoms with Gasteiger partial charge in [0.25, 0.3) is 0 Å². The number of benzene rings is 2. The van der Waals surface area contributed by atoms with Gasteiger partial charge in [-0.25, -0.2) is 4.39 Å². The Labute approximate surface area is 136 Å². The number of halogens is 3. The van der Waals surface area contributed by atoms with Crippen molar-refractivity contribution < 1.29 is 27.8 Å². The molecule has 0 aromatic heterocycles. The lowest BCUT2D eigenvalue weighted by molar-refractivity contribution is -0.286. The highest BCUT2D eigenvalue weighted by Crippen LogP contribution is 2.43.